The zero-order valence-electron chi connectivity index (χ0n) is 12.5. The van der Waals surface area contributed by atoms with Gasteiger partial charge in [-0.1, -0.05) is 41.4 Å². The smallest absolute Gasteiger partial charge is 0.205 e. The van der Waals surface area contributed by atoms with Gasteiger partial charge < -0.3 is 14.8 Å². The third-order valence-electron chi connectivity index (χ3n) is 4.45. The molecule has 0 spiro atoms. The van der Waals surface area contributed by atoms with Crippen LogP contribution in [0, 0.1) is 5.92 Å². The molecule has 1 unspecified atom stereocenters. The van der Waals surface area contributed by atoms with E-state index in [4.69, 9.17) is 32.7 Å². The summed E-state index contributed by atoms with van der Waals surface area (Å²) in [4.78, 5) is 0. The van der Waals surface area contributed by atoms with Crippen molar-refractivity contribution in [3.8, 4) is 5.75 Å². The molecule has 0 aliphatic carbocycles. The number of hydrogen-bond acceptors (Lipinski definition) is 3. The fraction of sp³-hybridized carbons (Fsp3) is 0.333. The van der Waals surface area contributed by atoms with Crippen molar-refractivity contribution < 1.29 is 9.47 Å². The Hall–Kier alpha value is -1.42. The molecule has 23 heavy (non-hydrogen) atoms. The van der Waals surface area contributed by atoms with Gasteiger partial charge in [-0.3, -0.25) is 0 Å². The van der Waals surface area contributed by atoms with E-state index in [1.54, 1.807) is 6.07 Å². The second-order valence-corrected chi connectivity index (χ2v) is 6.79. The highest BCUT2D eigenvalue weighted by molar-refractivity contribution is 6.35. The molecule has 1 saturated heterocycles. The summed E-state index contributed by atoms with van der Waals surface area (Å²) in [6.45, 7) is 0.725. The van der Waals surface area contributed by atoms with Crippen LogP contribution in [0.2, 0.25) is 10.0 Å². The molecule has 1 fully saturated rings. The van der Waals surface area contributed by atoms with Crippen LogP contribution in [0.3, 0.4) is 0 Å². The van der Waals surface area contributed by atoms with Crippen LogP contribution in [0.1, 0.15) is 24.4 Å². The van der Waals surface area contributed by atoms with Crippen molar-refractivity contribution >= 4 is 28.9 Å². The maximum absolute atomic E-state index is 6.49. The van der Waals surface area contributed by atoms with Crippen LogP contribution in [0.5, 0.6) is 5.75 Å². The average molecular weight is 350 g/mol. The summed E-state index contributed by atoms with van der Waals surface area (Å²) in [6, 6.07) is 13.8. The number of para-hydroxylation sites is 1. The third-order valence-corrected chi connectivity index (χ3v) is 4.98. The number of rotatable bonds is 2. The van der Waals surface area contributed by atoms with Crippen molar-refractivity contribution in [3.05, 3.63) is 58.1 Å². The Labute approximate surface area is 145 Å². The van der Waals surface area contributed by atoms with Crippen molar-refractivity contribution in [1.82, 2.24) is 0 Å². The summed E-state index contributed by atoms with van der Waals surface area (Å²) in [5, 5.41) is 4.81. The summed E-state index contributed by atoms with van der Waals surface area (Å²) in [7, 11) is 0. The number of hydrogen-bond donors (Lipinski definition) is 1. The highest BCUT2D eigenvalue weighted by atomic mass is 35.5. The molecule has 0 amide bonds. The quantitative estimate of drug-likeness (QED) is 0.798. The fourth-order valence-corrected chi connectivity index (χ4v) is 4.01. The van der Waals surface area contributed by atoms with Crippen LogP contribution >= 0.6 is 23.2 Å². The van der Waals surface area contributed by atoms with Gasteiger partial charge in [-0.25, -0.2) is 0 Å². The molecule has 2 aromatic rings. The molecule has 3 nitrogen and oxygen atoms in total. The number of nitrogens with one attached hydrogen (secondary N) is 1. The lowest BCUT2D eigenvalue weighted by Gasteiger charge is -2.42. The Morgan fingerprint density at radius 2 is 1.91 bits per heavy atom. The van der Waals surface area contributed by atoms with Gasteiger partial charge in [0.25, 0.3) is 0 Å². The summed E-state index contributed by atoms with van der Waals surface area (Å²) >= 11 is 12.6. The molecule has 2 aliphatic heterocycles. The van der Waals surface area contributed by atoms with Crippen LogP contribution in [-0.4, -0.2) is 12.9 Å². The molecule has 1 N–H and O–H groups in total. The van der Waals surface area contributed by atoms with E-state index >= 15 is 0 Å². The first-order chi connectivity index (χ1) is 11.2. The highest BCUT2D eigenvalue weighted by Crippen LogP contribution is 2.48. The van der Waals surface area contributed by atoms with Crippen LogP contribution in [0.25, 0.3) is 0 Å². The van der Waals surface area contributed by atoms with Crippen LogP contribution in [-0.2, 0) is 4.74 Å². The van der Waals surface area contributed by atoms with E-state index in [9.17, 15) is 0 Å². The van der Waals surface area contributed by atoms with Gasteiger partial charge in [-0.15, -0.1) is 0 Å². The van der Waals surface area contributed by atoms with E-state index < -0.39 is 0 Å². The molecule has 2 aromatic carbocycles. The minimum atomic E-state index is -0.257. The van der Waals surface area contributed by atoms with Gasteiger partial charge in [0.2, 0.25) is 6.29 Å². The van der Waals surface area contributed by atoms with E-state index in [1.807, 2.05) is 24.3 Å². The van der Waals surface area contributed by atoms with Crippen molar-refractivity contribution in [2.24, 2.45) is 5.92 Å². The summed E-state index contributed by atoms with van der Waals surface area (Å²) in [5.41, 5.74) is 2.02. The van der Waals surface area contributed by atoms with Gasteiger partial charge in [0.05, 0.1) is 17.7 Å². The fourth-order valence-electron chi connectivity index (χ4n) is 3.42. The van der Waals surface area contributed by atoms with Crippen molar-refractivity contribution in [3.63, 3.8) is 0 Å². The number of fused-ring (bicyclic) bond motifs is 2. The molecule has 2 heterocycles. The van der Waals surface area contributed by atoms with Crippen LogP contribution in [0.15, 0.2) is 42.5 Å². The molecule has 0 radical (unpaired) electrons. The predicted octanol–water partition coefficient (Wildman–Crippen LogP) is 5.29. The average Bonchev–Trinajstić information content (AvgIpc) is 2.55. The van der Waals surface area contributed by atoms with Gasteiger partial charge in [-0.2, -0.15) is 0 Å². The van der Waals surface area contributed by atoms with Crippen LogP contribution in [0.4, 0.5) is 5.69 Å². The lowest BCUT2D eigenvalue weighted by atomic mass is 9.84. The number of ether oxygens (including phenoxy) is 2. The van der Waals surface area contributed by atoms with Crippen molar-refractivity contribution in [2.75, 3.05) is 11.9 Å². The molecule has 5 heteroatoms. The second kappa shape index (κ2) is 6.23. The monoisotopic (exact) mass is 349 g/mol. The first-order valence-electron chi connectivity index (χ1n) is 7.81. The highest BCUT2D eigenvalue weighted by Gasteiger charge is 2.42. The predicted molar refractivity (Wildman–Crippen MR) is 92.4 cm³/mol. The van der Waals surface area contributed by atoms with Crippen LogP contribution < -0.4 is 10.1 Å². The van der Waals surface area contributed by atoms with E-state index in [0.717, 1.165) is 30.7 Å². The topological polar surface area (TPSA) is 30.5 Å². The van der Waals surface area contributed by atoms with E-state index in [1.165, 1.54) is 0 Å². The molecular weight excluding hydrogens is 333 g/mol. The molecule has 2 aliphatic rings. The first-order valence-corrected chi connectivity index (χ1v) is 8.57. The van der Waals surface area contributed by atoms with Gasteiger partial charge in [0, 0.05) is 22.2 Å². The Balaban J connectivity index is 1.77. The SMILES string of the molecule is Clc1cc(Cl)c2c(c1)O[C@@H]1OCCC[C@@H]1C2Nc1ccccc1. The molecule has 3 atom stereocenters. The van der Waals surface area contributed by atoms with Gasteiger partial charge in [-0.05, 0) is 37.1 Å². The summed E-state index contributed by atoms with van der Waals surface area (Å²) < 4.78 is 11.9. The van der Waals surface area contributed by atoms with E-state index in [2.05, 4.69) is 17.4 Å². The zero-order valence-corrected chi connectivity index (χ0v) is 14.0. The largest absolute Gasteiger partial charge is 0.464 e. The van der Waals surface area contributed by atoms with Gasteiger partial charge in [0.1, 0.15) is 5.75 Å². The molecule has 4 rings (SSSR count). The zero-order chi connectivity index (χ0) is 15.8. The number of anilines is 1. The summed E-state index contributed by atoms with van der Waals surface area (Å²) in [6.07, 6.45) is 1.80. The normalized spacial score (nSPS) is 25.9. The third kappa shape index (κ3) is 2.89. The molecular formula is C18H17Cl2NO2. The molecule has 0 aromatic heterocycles. The Bertz CT molecular complexity index is 708. The molecule has 0 bridgehead atoms. The van der Waals surface area contributed by atoms with E-state index in [-0.39, 0.29) is 18.2 Å². The van der Waals surface area contributed by atoms with Gasteiger partial charge >= 0.3 is 0 Å². The Morgan fingerprint density at radius 1 is 1.09 bits per heavy atom. The van der Waals surface area contributed by atoms with Gasteiger partial charge in [0.15, 0.2) is 0 Å². The van der Waals surface area contributed by atoms with Crippen molar-refractivity contribution in [2.45, 2.75) is 25.2 Å². The lowest BCUT2D eigenvalue weighted by molar-refractivity contribution is -0.154. The minimum absolute atomic E-state index is 0.0382. The molecule has 0 saturated carbocycles. The minimum Gasteiger partial charge on any atom is -0.464 e. The maximum Gasteiger partial charge on any atom is 0.205 e. The standard InChI is InChI=1S/C18H17Cl2NO2/c19-11-9-14(20)16-15(10-11)23-18-13(7-4-8-22-18)17(16)21-12-5-2-1-3-6-12/h1-3,5-6,9-10,13,17-18,21H,4,7-8H2/t13-,17?,18+/m1/s1. The Morgan fingerprint density at radius 3 is 2.74 bits per heavy atom. The molecule has 120 valence electrons. The maximum atomic E-state index is 6.49. The number of benzene rings is 2. The second-order valence-electron chi connectivity index (χ2n) is 5.95. The Kier molecular flexibility index (Phi) is 4.10. The lowest BCUT2D eigenvalue weighted by Crippen LogP contribution is -2.43. The first kappa shape index (κ1) is 15.1. The van der Waals surface area contributed by atoms with E-state index in [0.29, 0.717) is 15.8 Å². The number of halogens is 2. The summed E-state index contributed by atoms with van der Waals surface area (Å²) in [5.74, 6) is 0.925. The van der Waals surface area contributed by atoms with Crippen molar-refractivity contribution in [1.29, 1.82) is 0 Å².